The molecule has 0 saturated carbocycles. The molecule has 0 fully saturated rings. The van der Waals surface area contributed by atoms with Gasteiger partial charge in [0.25, 0.3) is 0 Å². The average molecular weight is 276 g/mol. The Hall–Kier alpha value is -1.18. The van der Waals surface area contributed by atoms with Gasteiger partial charge in [-0.3, -0.25) is 0 Å². The van der Waals surface area contributed by atoms with Gasteiger partial charge >= 0.3 is 0 Å². The van der Waals surface area contributed by atoms with E-state index in [9.17, 15) is 0 Å². The van der Waals surface area contributed by atoms with E-state index in [2.05, 4.69) is 46.8 Å². The molecule has 0 amide bonds. The number of benzene rings is 1. The monoisotopic (exact) mass is 276 g/mol. The second kappa shape index (κ2) is 6.07. The van der Waals surface area contributed by atoms with Crippen LogP contribution in [0.5, 0.6) is 11.5 Å². The van der Waals surface area contributed by atoms with Crippen molar-refractivity contribution in [1.29, 1.82) is 0 Å². The number of fused-ring (bicyclic) bond motifs is 1. The predicted molar refractivity (Wildman–Crippen MR) is 83.6 cm³/mol. The van der Waals surface area contributed by atoms with Gasteiger partial charge in [0, 0.05) is 12.5 Å². The molecule has 2 atom stereocenters. The third kappa shape index (κ3) is 4.43. The number of hydrogen-bond acceptors (Lipinski definition) is 2. The Bertz CT molecular complexity index is 445. The molecule has 1 aromatic rings. The molecular formula is C18H28O2. The minimum absolute atomic E-state index is 0.242. The number of hydrogen-bond donors (Lipinski definition) is 0. The SMILES string of the molecule is CC(CC(C)Oc1ccc2c(c1)OCC2)CC(C)(C)C. The van der Waals surface area contributed by atoms with Gasteiger partial charge in [0.05, 0.1) is 12.7 Å². The fraction of sp³-hybridized carbons (Fsp3) is 0.667. The van der Waals surface area contributed by atoms with Crippen molar-refractivity contribution in [2.24, 2.45) is 11.3 Å². The number of rotatable bonds is 5. The first-order chi connectivity index (χ1) is 9.33. The van der Waals surface area contributed by atoms with Crippen LogP contribution in [0.4, 0.5) is 0 Å². The van der Waals surface area contributed by atoms with E-state index in [1.54, 1.807) is 0 Å². The fourth-order valence-electron chi connectivity index (χ4n) is 3.20. The molecule has 2 heteroatoms. The molecule has 112 valence electrons. The zero-order valence-electron chi connectivity index (χ0n) is 13.5. The van der Waals surface area contributed by atoms with Gasteiger partial charge in [0.1, 0.15) is 11.5 Å². The average Bonchev–Trinajstić information content (AvgIpc) is 2.72. The second-order valence-electron chi connectivity index (χ2n) is 7.40. The van der Waals surface area contributed by atoms with Crippen LogP contribution in [0.25, 0.3) is 0 Å². The number of ether oxygens (including phenoxy) is 2. The highest BCUT2D eigenvalue weighted by Gasteiger charge is 2.19. The summed E-state index contributed by atoms with van der Waals surface area (Å²) in [7, 11) is 0. The highest BCUT2D eigenvalue weighted by molar-refractivity contribution is 5.42. The highest BCUT2D eigenvalue weighted by Crippen LogP contribution is 2.31. The van der Waals surface area contributed by atoms with Crippen LogP contribution in [-0.2, 0) is 6.42 Å². The summed E-state index contributed by atoms with van der Waals surface area (Å²) >= 11 is 0. The minimum atomic E-state index is 0.242. The zero-order valence-corrected chi connectivity index (χ0v) is 13.5. The van der Waals surface area contributed by atoms with Crippen molar-refractivity contribution in [2.45, 2.75) is 60.0 Å². The summed E-state index contributed by atoms with van der Waals surface area (Å²) in [5.74, 6) is 2.61. The van der Waals surface area contributed by atoms with Gasteiger partial charge in [0.2, 0.25) is 0 Å². The lowest BCUT2D eigenvalue weighted by Gasteiger charge is -2.25. The maximum atomic E-state index is 6.04. The van der Waals surface area contributed by atoms with Crippen LogP contribution in [-0.4, -0.2) is 12.7 Å². The maximum Gasteiger partial charge on any atom is 0.126 e. The van der Waals surface area contributed by atoms with Crippen molar-refractivity contribution < 1.29 is 9.47 Å². The van der Waals surface area contributed by atoms with E-state index in [0.29, 0.717) is 11.3 Å². The molecule has 0 saturated heterocycles. The van der Waals surface area contributed by atoms with Crippen molar-refractivity contribution in [3.05, 3.63) is 23.8 Å². The largest absolute Gasteiger partial charge is 0.493 e. The Balaban J connectivity index is 1.86. The third-order valence-electron chi connectivity index (χ3n) is 3.70. The van der Waals surface area contributed by atoms with E-state index in [1.807, 2.05) is 6.07 Å². The summed E-state index contributed by atoms with van der Waals surface area (Å²) in [6.45, 7) is 12.2. The molecule has 0 radical (unpaired) electrons. The minimum Gasteiger partial charge on any atom is -0.493 e. The molecule has 20 heavy (non-hydrogen) atoms. The van der Waals surface area contributed by atoms with Crippen molar-refractivity contribution in [3.63, 3.8) is 0 Å². The molecule has 2 unspecified atom stereocenters. The Morgan fingerprint density at radius 3 is 2.70 bits per heavy atom. The second-order valence-corrected chi connectivity index (χ2v) is 7.40. The maximum absolute atomic E-state index is 6.04. The quantitative estimate of drug-likeness (QED) is 0.765. The Morgan fingerprint density at radius 1 is 1.25 bits per heavy atom. The van der Waals surface area contributed by atoms with Crippen molar-refractivity contribution >= 4 is 0 Å². The lowest BCUT2D eigenvalue weighted by atomic mass is 9.83. The van der Waals surface area contributed by atoms with Crippen LogP contribution in [0.3, 0.4) is 0 Å². The fourth-order valence-corrected chi connectivity index (χ4v) is 3.20. The summed E-state index contributed by atoms with van der Waals surface area (Å²) in [4.78, 5) is 0. The topological polar surface area (TPSA) is 18.5 Å². The van der Waals surface area contributed by atoms with Gasteiger partial charge in [-0.05, 0) is 42.7 Å². The van der Waals surface area contributed by atoms with Gasteiger partial charge in [-0.1, -0.05) is 33.8 Å². The molecule has 0 N–H and O–H groups in total. The highest BCUT2D eigenvalue weighted by atomic mass is 16.5. The van der Waals surface area contributed by atoms with Crippen LogP contribution in [0.1, 0.15) is 53.0 Å². The Labute approximate surface area is 123 Å². The zero-order chi connectivity index (χ0) is 14.8. The van der Waals surface area contributed by atoms with Gasteiger partial charge < -0.3 is 9.47 Å². The smallest absolute Gasteiger partial charge is 0.126 e. The summed E-state index contributed by atoms with van der Waals surface area (Å²) in [5, 5.41) is 0. The van der Waals surface area contributed by atoms with Gasteiger partial charge in [-0.2, -0.15) is 0 Å². The molecule has 0 aromatic heterocycles. The van der Waals surface area contributed by atoms with Crippen LogP contribution in [0.15, 0.2) is 18.2 Å². The van der Waals surface area contributed by atoms with Gasteiger partial charge in [-0.25, -0.2) is 0 Å². The molecular weight excluding hydrogens is 248 g/mol. The van der Waals surface area contributed by atoms with E-state index >= 15 is 0 Å². The molecule has 2 nitrogen and oxygen atoms in total. The van der Waals surface area contributed by atoms with E-state index < -0.39 is 0 Å². The summed E-state index contributed by atoms with van der Waals surface area (Å²) < 4.78 is 11.6. The molecule has 1 heterocycles. The van der Waals surface area contributed by atoms with Gasteiger partial charge in [-0.15, -0.1) is 0 Å². The Kier molecular flexibility index (Phi) is 4.62. The van der Waals surface area contributed by atoms with Crippen LogP contribution >= 0.6 is 0 Å². The van der Waals surface area contributed by atoms with Gasteiger partial charge in [0.15, 0.2) is 0 Å². The summed E-state index contributed by atoms with van der Waals surface area (Å²) in [5.41, 5.74) is 1.69. The third-order valence-corrected chi connectivity index (χ3v) is 3.70. The lowest BCUT2D eigenvalue weighted by Crippen LogP contribution is -2.19. The lowest BCUT2D eigenvalue weighted by molar-refractivity contribution is 0.170. The van der Waals surface area contributed by atoms with E-state index in [0.717, 1.165) is 30.9 Å². The Morgan fingerprint density at radius 2 is 2.00 bits per heavy atom. The first-order valence-corrected chi connectivity index (χ1v) is 7.76. The molecule has 2 rings (SSSR count). The molecule has 0 aliphatic carbocycles. The van der Waals surface area contributed by atoms with Crippen LogP contribution in [0, 0.1) is 11.3 Å². The van der Waals surface area contributed by atoms with Crippen molar-refractivity contribution in [1.82, 2.24) is 0 Å². The molecule has 1 aliphatic rings. The first-order valence-electron chi connectivity index (χ1n) is 7.76. The summed E-state index contributed by atoms with van der Waals surface area (Å²) in [6, 6.07) is 6.23. The predicted octanol–water partition coefficient (Wildman–Crippen LogP) is 4.85. The van der Waals surface area contributed by atoms with Crippen LogP contribution in [0.2, 0.25) is 0 Å². The van der Waals surface area contributed by atoms with E-state index in [4.69, 9.17) is 9.47 Å². The van der Waals surface area contributed by atoms with Crippen molar-refractivity contribution in [2.75, 3.05) is 6.61 Å². The molecule has 1 aromatic carbocycles. The normalized spacial score (nSPS) is 17.2. The summed E-state index contributed by atoms with van der Waals surface area (Å²) in [6.07, 6.45) is 3.59. The van der Waals surface area contributed by atoms with Crippen LogP contribution < -0.4 is 9.47 Å². The first kappa shape index (κ1) is 15.2. The molecule has 1 aliphatic heterocycles. The van der Waals surface area contributed by atoms with Crippen molar-refractivity contribution in [3.8, 4) is 11.5 Å². The van der Waals surface area contributed by atoms with E-state index in [-0.39, 0.29) is 6.10 Å². The van der Waals surface area contributed by atoms with E-state index in [1.165, 1.54) is 12.0 Å². The standard InChI is InChI=1S/C18H28O2/c1-13(12-18(3,4)5)10-14(2)20-16-7-6-15-8-9-19-17(15)11-16/h6-7,11,13-14H,8-10,12H2,1-5H3. The molecule has 0 spiro atoms. The molecule has 0 bridgehead atoms.